The minimum absolute atomic E-state index is 0.0403. The van der Waals surface area contributed by atoms with Crippen LogP contribution in [0.1, 0.15) is 44.0 Å². The first-order valence-electron chi connectivity index (χ1n) is 10.5. The van der Waals surface area contributed by atoms with E-state index in [-0.39, 0.29) is 11.3 Å². The van der Waals surface area contributed by atoms with Crippen molar-refractivity contribution in [1.29, 1.82) is 0 Å². The molecule has 2 atom stereocenters. The van der Waals surface area contributed by atoms with Crippen molar-refractivity contribution in [3.8, 4) is 0 Å². The van der Waals surface area contributed by atoms with E-state index in [1.807, 2.05) is 30.6 Å². The Bertz CT molecular complexity index is 815. The van der Waals surface area contributed by atoms with Crippen molar-refractivity contribution in [2.45, 2.75) is 39.2 Å². The number of carbonyl (C=O) groups excluding carboxylic acids is 1. The van der Waals surface area contributed by atoms with E-state index in [4.69, 9.17) is 0 Å². The standard InChI is InChI=1S/C23H32N4O/c1-18(2)21(19-7-5-4-6-8-19)22(28)27-13-10-23(17-27)9-12-26(16-23)15-20-24-11-14-25(20)3/h4-8,11,14,18,21H,9-10,12-13,15-17H2,1-3H3. The van der Waals surface area contributed by atoms with Crippen LogP contribution in [0, 0.1) is 11.3 Å². The van der Waals surface area contributed by atoms with Crippen molar-refractivity contribution >= 4 is 5.91 Å². The Morgan fingerprint density at radius 3 is 2.57 bits per heavy atom. The summed E-state index contributed by atoms with van der Waals surface area (Å²) in [4.78, 5) is 22.5. The van der Waals surface area contributed by atoms with E-state index in [1.165, 1.54) is 6.42 Å². The van der Waals surface area contributed by atoms with Gasteiger partial charge in [-0.15, -0.1) is 0 Å². The number of imidazole rings is 1. The smallest absolute Gasteiger partial charge is 0.230 e. The van der Waals surface area contributed by atoms with Gasteiger partial charge in [0.2, 0.25) is 5.91 Å². The zero-order valence-corrected chi connectivity index (χ0v) is 17.3. The first kappa shape index (κ1) is 19.2. The van der Waals surface area contributed by atoms with E-state index in [1.54, 1.807) is 0 Å². The monoisotopic (exact) mass is 380 g/mol. The highest BCUT2D eigenvalue weighted by molar-refractivity contribution is 5.84. The molecule has 2 aliphatic heterocycles. The molecular formula is C23H32N4O. The summed E-state index contributed by atoms with van der Waals surface area (Å²) in [5.41, 5.74) is 1.41. The second kappa shape index (κ2) is 7.70. The zero-order chi connectivity index (χ0) is 19.7. The van der Waals surface area contributed by atoms with Gasteiger partial charge >= 0.3 is 0 Å². The predicted molar refractivity (Wildman–Crippen MR) is 111 cm³/mol. The Balaban J connectivity index is 1.42. The summed E-state index contributed by atoms with van der Waals surface area (Å²) in [6, 6.07) is 10.3. The number of carbonyl (C=O) groups is 1. The number of rotatable bonds is 5. The Labute approximate surface area is 168 Å². The lowest BCUT2D eigenvalue weighted by Crippen LogP contribution is -2.38. The third-order valence-electron chi connectivity index (χ3n) is 6.64. The first-order valence-corrected chi connectivity index (χ1v) is 10.5. The van der Waals surface area contributed by atoms with Crippen LogP contribution < -0.4 is 0 Å². The van der Waals surface area contributed by atoms with Crippen LogP contribution in [-0.4, -0.2) is 51.4 Å². The molecule has 2 unspecified atom stereocenters. The number of hydrogen-bond acceptors (Lipinski definition) is 3. The second-order valence-corrected chi connectivity index (χ2v) is 9.06. The van der Waals surface area contributed by atoms with E-state index >= 15 is 0 Å². The van der Waals surface area contributed by atoms with Crippen LogP contribution in [0.4, 0.5) is 0 Å². The van der Waals surface area contributed by atoms with Crippen molar-refractivity contribution in [2.75, 3.05) is 26.2 Å². The average Bonchev–Trinajstić information content (AvgIpc) is 3.39. The van der Waals surface area contributed by atoms with Gasteiger partial charge in [-0.1, -0.05) is 44.2 Å². The van der Waals surface area contributed by atoms with Crippen molar-refractivity contribution in [3.05, 3.63) is 54.1 Å². The summed E-state index contributed by atoms with van der Waals surface area (Å²) in [6.45, 7) is 9.18. The quantitative estimate of drug-likeness (QED) is 0.799. The molecule has 2 fully saturated rings. The van der Waals surface area contributed by atoms with Gasteiger partial charge < -0.3 is 9.47 Å². The topological polar surface area (TPSA) is 41.4 Å². The highest BCUT2D eigenvalue weighted by Crippen LogP contribution is 2.41. The van der Waals surface area contributed by atoms with Gasteiger partial charge in [-0.2, -0.15) is 0 Å². The van der Waals surface area contributed by atoms with E-state index in [0.29, 0.717) is 11.8 Å². The molecule has 0 saturated carbocycles. The van der Waals surface area contributed by atoms with Gasteiger partial charge in [0.1, 0.15) is 5.82 Å². The van der Waals surface area contributed by atoms with Crippen LogP contribution in [0.2, 0.25) is 0 Å². The van der Waals surface area contributed by atoms with Crippen LogP contribution in [0.25, 0.3) is 0 Å². The summed E-state index contributed by atoms with van der Waals surface area (Å²) >= 11 is 0. The van der Waals surface area contributed by atoms with E-state index < -0.39 is 0 Å². The highest BCUT2D eigenvalue weighted by Gasteiger charge is 2.46. The van der Waals surface area contributed by atoms with Crippen molar-refractivity contribution in [1.82, 2.24) is 19.4 Å². The fraction of sp³-hybridized carbons (Fsp3) is 0.565. The molecule has 0 N–H and O–H groups in total. The largest absolute Gasteiger partial charge is 0.342 e. The first-order chi connectivity index (χ1) is 13.5. The Kier molecular flexibility index (Phi) is 5.28. The molecule has 5 nitrogen and oxygen atoms in total. The third-order valence-corrected chi connectivity index (χ3v) is 6.64. The minimum Gasteiger partial charge on any atom is -0.342 e. The van der Waals surface area contributed by atoms with Crippen molar-refractivity contribution in [3.63, 3.8) is 0 Å². The molecule has 5 heteroatoms. The maximum atomic E-state index is 13.4. The number of amides is 1. The lowest BCUT2D eigenvalue weighted by atomic mass is 9.85. The van der Waals surface area contributed by atoms with Crippen LogP contribution in [-0.2, 0) is 18.4 Å². The van der Waals surface area contributed by atoms with Crippen molar-refractivity contribution in [2.24, 2.45) is 18.4 Å². The van der Waals surface area contributed by atoms with Gasteiger partial charge in [0.15, 0.2) is 0 Å². The molecule has 0 aliphatic carbocycles. The lowest BCUT2D eigenvalue weighted by molar-refractivity contribution is -0.133. The Morgan fingerprint density at radius 2 is 1.89 bits per heavy atom. The van der Waals surface area contributed by atoms with Gasteiger partial charge in [-0.25, -0.2) is 4.98 Å². The summed E-state index contributed by atoms with van der Waals surface area (Å²) in [7, 11) is 2.06. The minimum atomic E-state index is -0.0403. The van der Waals surface area contributed by atoms with Crippen LogP contribution in [0.15, 0.2) is 42.7 Å². The predicted octanol–water partition coefficient (Wildman–Crippen LogP) is 3.28. The van der Waals surface area contributed by atoms with E-state index in [2.05, 4.69) is 52.4 Å². The fourth-order valence-electron chi connectivity index (χ4n) is 5.04. The van der Waals surface area contributed by atoms with Crippen molar-refractivity contribution < 1.29 is 4.79 Å². The van der Waals surface area contributed by atoms with Crippen LogP contribution >= 0.6 is 0 Å². The zero-order valence-electron chi connectivity index (χ0n) is 17.3. The number of hydrogen-bond donors (Lipinski definition) is 0. The Morgan fingerprint density at radius 1 is 1.14 bits per heavy atom. The summed E-state index contributed by atoms with van der Waals surface area (Å²) in [5, 5.41) is 0. The lowest BCUT2D eigenvalue weighted by Gasteiger charge is -2.29. The maximum absolute atomic E-state index is 13.4. The number of aryl methyl sites for hydroxylation is 1. The SMILES string of the molecule is CC(C)C(C(=O)N1CCC2(CCN(Cc3nccn3C)C2)C1)c1ccccc1. The summed E-state index contributed by atoms with van der Waals surface area (Å²) in [6.07, 6.45) is 6.17. The molecule has 28 heavy (non-hydrogen) atoms. The number of nitrogens with zero attached hydrogens (tertiary/aromatic N) is 4. The fourth-order valence-corrected chi connectivity index (χ4v) is 5.04. The maximum Gasteiger partial charge on any atom is 0.230 e. The molecule has 3 heterocycles. The molecule has 2 aromatic rings. The number of aromatic nitrogens is 2. The van der Waals surface area contributed by atoms with Gasteiger partial charge in [0, 0.05) is 44.5 Å². The number of likely N-dealkylation sites (tertiary alicyclic amines) is 2. The third kappa shape index (κ3) is 3.72. The average molecular weight is 381 g/mol. The molecule has 2 aliphatic rings. The van der Waals surface area contributed by atoms with E-state index in [9.17, 15) is 4.79 Å². The van der Waals surface area contributed by atoms with Gasteiger partial charge in [-0.05, 0) is 30.9 Å². The summed E-state index contributed by atoms with van der Waals surface area (Å²) in [5.74, 6) is 1.68. The van der Waals surface area contributed by atoms with Gasteiger partial charge in [0.25, 0.3) is 0 Å². The molecular weight excluding hydrogens is 348 g/mol. The molecule has 1 aromatic carbocycles. The van der Waals surface area contributed by atoms with Crippen LogP contribution in [0.5, 0.6) is 0 Å². The highest BCUT2D eigenvalue weighted by atomic mass is 16.2. The molecule has 1 amide bonds. The van der Waals surface area contributed by atoms with Crippen LogP contribution in [0.3, 0.4) is 0 Å². The van der Waals surface area contributed by atoms with Gasteiger partial charge in [0.05, 0.1) is 12.5 Å². The molecule has 0 bridgehead atoms. The summed E-state index contributed by atoms with van der Waals surface area (Å²) < 4.78 is 2.10. The Hall–Kier alpha value is -2.14. The second-order valence-electron chi connectivity index (χ2n) is 9.06. The normalized spacial score (nSPS) is 23.8. The molecule has 150 valence electrons. The van der Waals surface area contributed by atoms with Gasteiger partial charge in [-0.3, -0.25) is 9.69 Å². The molecule has 1 aromatic heterocycles. The number of benzene rings is 1. The molecule has 0 radical (unpaired) electrons. The molecule has 1 spiro atoms. The molecule has 2 saturated heterocycles. The van der Waals surface area contributed by atoms with E-state index in [0.717, 1.165) is 50.5 Å². The molecule has 4 rings (SSSR count).